The Bertz CT molecular complexity index is 383. The Morgan fingerprint density at radius 1 is 1.22 bits per heavy atom. The maximum atomic E-state index is 5.88. The predicted octanol–water partition coefficient (Wildman–Crippen LogP) is 3.02. The molecule has 0 aliphatic carbocycles. The van der Waals surface area contributed by atoms with Crippen LogP contribution < -0.4 is 14.8 Å². The molecule has 1 unspecified atom stereocenters. The van der Waals surface area contributed by atoms with E-state index < -0.39 is 0 Å². The van der Waals surface area contributed by atoms with E-state index in [-0.39, 0.29) is 5.41 Å². The van der Waals surface area contributed by atoms with Crippen LogP contribution in [0.2, 0.25) is 0 Å². The number of rotatable bonds is 5. The lowest BCUT2D eigenvalue weighted by molar-refractivity contribution is 0.177. The van der Waals surface area contributed by atoms with Gasteiger partial charge in [0.15, 0.2) is 11.5 Å². The number of likely N-dealkylation sites (N-methyl/N-ethyl adjacent to an activating group) is 1. The van der Waals surface area contributed by atoms with Crippen LogP contribution in [0.1, 0.15) is 26.3 Å². The Kier molecular flexibility index (Phi) is 5.03. The van der Waals surface area contributed by atoms with Crippen LogP contribution in [0.3, 0.4) is 0 Å². The first-order chi connectivity index (χ1) is 8.38. The van der Waals surface area contributed by atoms with Crippen LogP contribution in [-0.2, 0) is 0 Å². The maximum Gasteiger partial charge on any atom is 0.161 e. The highest BCUT2D eigenvalue weighted by Gasteiger charge is 2.23. The molecule has 0 heterocycles. The van der Waals surface area contributed by atoms with E-state index in [4.69, 9.17) is 9.47 Å². The third kappa shape index (κ3) is 3.91. The first kappa shape index (κ1) is 14.8. The van der Waals surface area contributed by atoms with Gasteiger partial charge in [-0.1, -0.05) is 26.8 Å². The van der Waals surface area contributed by atoms with Gasteiger partial charge < -0.3 is 14.8 Å². The molecule has 1 rings (SSSR count). The zero-order chi connectivity index (χ0) is 13.8. The minimum atomic E-state index is 0.159. The van der Waals surface area contributed by atoms with E-state index in [1.807, 2.05) is 32.2 Å². The lowest BCUT2D eigenvalue weighted by Crippen LogP contribution is -2.42. The van der Waals surface area contributed by atoms with Crippen molar-refractivity contribution in [3.05, 3.63) is 23.8 Å². The number of nitrogens with one attached hydrogen (secondary N) is 1. The molecule has 0 fully saturated rings. The highest BCUT2D eigenvalue weighted by Crippen LogP contribution is 2.29. The van der Waals surface area contributed by atoms with Crippen molar-refractivity contribution in [2.75, 3.05) is 20.8 Å². The highest BCUT2D eigenvalue weighted by molar-refractivity contribution is 5.42. The van der Waals surface area contributed by atoms with Crippen molar-refractivity contribution in [2.45, 2.75) is 33.7 Å². The summed E-state index contributed by atoms with van der Waals surface area (Å²) in [5.41, 5.74) is 1.33. The van der Waals surface area contributed by atoms with Crippen molar-refractivity contribution < 1.29 is 9.47 Å². The van der Waals surface area contributed by atoms with Crippen molar-refractivity contribution in [3.63, 3.8) is 0 Å². The summed E-state index contributed by atoms with van der Waals surface area (Å²) in [7, 11) is 3.63. The van der Waals surface area contributed by atoms with Crippen molar-refractivity contribution in [3.8, 4) is 11.5 Å². The average Bonchev–Trinajstić information content (AvgIpc) is 2.29. The fraction of sp³-hybridized carbons (Fsp3) is 0.600. The van der Waals surface area contributed by atoms with E-state index in [1.165, 1.54) is 5.56 Å². The molecule has 1 aromatic rings. The molecule has 1 N–H and O–H groups in total. The third-order valence-corrected chi connectivity index (χ3v) is 3.12. The molecule has 0 aromatic heterocycles. The van der Waals surface area contributed by atoms with Gasteiger partial charge in [-0.25, -0.2) is 0 Å². The molecule has 0 aliphatic heterocycles. The van der Waals surface area contributed by atoms with Crippen molar-refractivity contribution in [1.29, 1.82) is 0 Å². The quantitative estimate of drug-likeness (QED) is 0.872. The summed E-state index contributed by atoms with van der Waals surface area (Å²) >= 11 is 0. The van der Waals surface area contributed by atoms with Gasteiger partial charge in [-0.2, -0.15) is 0 Å². The molecule has 0 bridgehead atoms. The summed E-state index contributed by atoms with van der Waals surface area (Å²) in [6, 6.07) is 6.27. The lowest BCUT2D eigenvalue weighted by Gasteiger charge is -2.30. The van der Waals surface area contributed by atoms with E-state index in [0.717, 1.165) is 11.5 Å². The van der Waals surface area contributed by atoms with E-state index in [2.05, 4.69) is 26.1 Å². The van der Waals surface area contributed by atoms with Crippen LogP contribution in [0.5, 0.6) is 11.5 Å². The minimum absolute atomic E-state index is 0.159. The summed E-state index contributed by atoms with van der Waals surface area (Å²) in [5.74, 6) is 1.59. The monoisotopic (exact) mass is 251 g/mol. The van der Waals surface area contributed by atoms with Gasteiger partial charge in [-0.3, -0.25) is 0 Å². The molecule has 0 saturated heterocycles. The van der Waals surface area contributed by atoms with Crippen molar-refractivity contribution in [2.24, 2.45) is 5.41 Å². The summed E-state index contributed by atoms with van der Waals surface area (Å²) in [6.07, 6.45) is 0. The standard InChI is InChI=1S/C15H25NO2/c1-11-7-8-12(13(9-11)17-6)18-10-14(16-5)15(2,3)4/h7-9,14,16H,10H2,1-6H3. The smallest absolute Gasteiger partial charge is 0.161 e. The predicted molar refractivity (Wildman–Crippen MR) is 75.5 cm³/mol. The van der Waals surface area contributed by atoms with Gasteiger partial charge in [0.1, 0.15) is 6.61 Å². The SMILES string of the molecule is CNC(COc1ccc(C)cc1OC)C(C)(C)C. The Morgan fingerprint density at radius 2 is 1.89 bits per heavy atom. The van der Waals surface area contributed by atoms with Crippen molar-refractivity contribution in [1.82, 2.24) is 5.32 Å². The second-order valence-electron chi connectivity index (χ2n) is 5.67. The summed E-state index contributed by atoms with van der Waals surface area (Å²) in [6.45, 7) is 9.26. The fourth-order valence-corrected chi connectivity index (χ4v) is 1.83. The molecule has 3 nitrogen and oxygen atoms in total. The largest absolute Gasteiger partial charge is 0.493 e. The van der Waals surface area contributed by atoms with E-state index >= 15 is 0 Å². The Balaban J connectivity index is 2.73. The fourth-order valence-electron chi connectivity index (χ4n) is 1.83. The Hall–Kier alpha value is -1.22. The van der Waals surface area contributed by atoms with E-state index in [1.54, 1.807) is 7.11 Å². The number of methoxy groups -OCH3 is 1. The van der Waals surface area contributed by atoms with Gasteiger partial charge in [-0.15, -0.1) is 0 Å². The van der Waals surface area contributed by atoms with Crippen LogP contribution in [0.25, 0.3) is 0 Å². The number of benzene rings is 1. The Labute approximate surface area is 110 Å². The molecule has 1 atom stereocenters. The Morgan fingerprint density at radius 3 is 2.39 bits per heavy atom. The van der Waals surface area contributed by atoms with Gasteiger partial charge >= 0.3 is 0 Å². The molecular weight excluding hydrogens is 226 g/mol. The molecule has 0 spiro atoms. The van der Waals surface area contributed by atoms with Gasteiger partial charge in [0, 0.05) is 6.04 Å². The number of aryl methyl sites for hydroxylation is 1. The van der Waals surface area contributed by atoms with Gasteiger partial charge in [0.25, 0.3) is 0 Å². The van der Waals surface area contributed by atoms with Gasteiger partial charge in [-0.05, 0) is 37.1 Å². The normalized spacial score (nSPS) is 13.2. The van der Waals surface area contributed by atoms with Crippen LogP contribution in [0.4, 0.5) is 0 Å². The second-order valence-corrected chi connectivity index (χ2v) is 5.67. The molecular formula is C15H25NO2. The van der Waals surface area contributed by atoms with Crippen LogP contribution in [0, 0.1) is 12.3 Å². The number of hydrogen-bond acceptors (Lipinski definition) is 3. The average molecular weight is 251 g/mol. The molecule has 102 valence electrons. The topological polar surface area (TPSA) is 30.5 Å². The molecule has 0 radical (unpaired) electrons. The third-order valence-electron chi connectivity index (χ3n) is 3.12. The first-order valence-electron chi connectivity index (χ1n) is 6.33. The summed E-state index contributed by atoms with van der Waals surface area (Å²) in [5, 5.41) is 3.30. The molecule has 1 aromatic carbocycles. The van der Waals surface area contributed by atoms with Crippen molar-refractivity contribution >= 4 is 0 Å². The van der Waals surface area contributed by atoms with Crippen LogP contribution >= 0.6 is 0 Å². The molecule has 18 heavy (non-hydrogen) atoms. The minimum Gasteiger partial charge on any atom is -0.493 e. The zero-order valence-electron chi connectivity index (χ0n) is 12.3. The van der Waals surface area contributed by atoms with E-state index in [0.29, 0.717) is 12.6 Å². The number of hydrogen-bond donors (Lipinski definition) is 1. The zero-order valence-corrected chi connectivity index (χ0v) is 12.3. The molecule has 0 saturated carbocycles. The number of ether oxygens (including phenoxy) is 2. The van der Waals surface area contributed by atoms with E-state index in [9.17, 15) is 0 Å². The van der Waals surface area contributed by atoms with Gasteiger partial charge in [0.2, 0.25) is 0 Å². The molecule has 0 aliphatic rings. The van der Waals surface area contributed by atoms with Crippen LogP contribution in [-0.4, -0.2) is 26.8 Å². The lowest BCUT2D eigenvalue weighted by atomic mass is 9.87. The molecule has 3 heteroatoms. The highest BCUT2D eigenvalue weighted by atomic mass is 16.5. The maximum absolute atomic E-state index is 5.88. The van der Waals surface area contributed by atoms with Crippen LogP contribution in [0.15, 0.2) is 18.2 Å². The molecule has 0 amide bonds. The first-order valence-corrected chi connectivity index (χ1v) is 6.33. The second kappa shape index (κ2) is 6.10. The summed E-state index contributed by atoms with van der Waals surface area (Å²) in [4.78, 5) is 0. The van der Waals surface area contributed by atoms with Gasteiger partial charge in [0.05, 0.1) is 7.11 Å². The summed E-state index contributed by atoms with van der Waals surface area (Å²) < 4.78 is 11.2.